The Labute approximate surface area is 82.9 Å². The van der Waals surface area contributed by atoms with E-state index in [0.717, 1.165) is 11.3 Å². The third-order valence-corrected chi connectivity index (χ3v) is 2.04. The molecule has 0 amide bonds. The van der Waals surface area contributed by atoms with Crippen molar-refractivity contribution in [1.29, 1.82) is 5.26 Å². The van der Waals surface area contributed by atoms with E-state index in [1.807, 2.05) is 12.1 Å². The molecule has 0 aliphatic carbocycles. The molecule has 4 N–H and O–H groups in total. The van der Waals surface area contributed by atoms with Crippen LogP contribution in [-0.4, -0.2) is 6.54 Å². The van der Waals surface area contributed by atoms with Crippen molar-refractivity contribution in [1.82, 2.24) is 0 Å². The Morgan fingerprint density at radius 3 is 2.15 bits per heavy atom. The smallest absolute Gasteiger partial charge is 0.0462 e. The minimum absolute atomic E-state index is 0.703. The van der Waals surface area contributed by atoms with Crippen molar-refractivity contribution >= 4 is 11.9 Å². The Bertz CT molecular complexity index is 243. The first-order chi connectivity index (χ1) is 6.36. The van der Waals surface area contributed by atoms with Crippen molar-refractivity contribution in [2.24, 2.45) is 10.9 Å². The molecule has 1 rings (SSSR count). The van der Waals surface area contributed by atoms with E-state index in [-0.39, 0.29) is 0 Å². The van der Waals surface area contributed by atoms with Gasteiger partial charge in [-0.1, -0.05) is 12.1 Å². The molecular weight excluding hydrogens is 182 g/mol. The Morgan fingerprint density at radius 1 is 1.23 bits per heavy atom. The molecule has 1 aromatic rings. The summed E-state index contributed by atoms with van der Waals surface area (Å²) in [7, 11) is 0. The molecule has 0 saturated carbocycles. The van der Waals surface area contributed by atoms with Crippen LogP contribution in [0.25, 0.3) is 0 Å². The molecule has 0 radical (unpaired) electrons. The molecule has 0 spiro atoms. The molecule has 0 aliphatic rings. The summed E-state index contributed by atoms with van der Waals surface area (Å²) in [5.74, 6) is 0. The summed E-state index contributed by atoms with van der Waals surface area (Å²) in [5, 5.41) is 11.9. The molecule has 3 nitrogen and oxygen atoms in total. The Balaban J connectivity index is 0.000000671. The van der Waals surface area contributed by atoms with Crippen LogP contribution < -0.4 is 10.9 Å². The highest BCUT2D eigenvalue weighted by atomic mass is 32.2. The van der Waals surface area contributed by atoms with Gasteiger partial charge in [-0.25, -0.2) is 5.26 Å². The monoisotopic (exact) mass is 195 g/mol. The molecule has 0 aromatic heterocycles. The largest absolute Gasteiger partial charge is 0.330 e. The van der Waals surface area contributed by atoms with Crippen molar-refractivity contribution in [3.8, 4) is 6.57 Å². The molecule has 13 heavy (non-hydrogen) atoms. The second kappa shape index (κ2) is 7.62. The lowest BCUT2D eigenvalue weighted by Gasteiger charge is -1.98. The van der Waals surface area contributed by atoms with Gasteiger partial charge >= 0.3 is 0 Å². The third-order valence-electron chi connectivity index (χ3n) is 1.49. The summed E-state index contributed by atoms with van der Waals surface area (Å²) in [6.45, 7) is 4.20. The topological polar surface area (TPSA) is 75.8 Å². The number of nitrogens with two attached hydrogens (primary N) is 2. The fraction of sp³-hybridized carbons (Fsp3) is 0.222. The molecule has 4 heteroatoms. The number of nitrogens with zero attached hydrogens (tertiary/aromatic N) is 1. The Kier molecular flexibility index (Phi) is 7.02. The summed E-state index contributed by atoms with van der Waals surface area (Å²) in [6, 6.07) is 8.13. The van der Waals surface area contributed by atoms with Crippen molar-refractivity contribution < 1.29 is 0 Å². The lowest BCUT2D eigenvalue weighted by Crippen LogP contribution is -2.02. The van der Waals surface area contributed by atoms with Crippen LogP contribution in [0.5, 0.6) is 0 Å². The van der Waals surface area contributed by atoms with Gasteiger partial charge < -0.3 is 5.73 Å². The summed E-state index contributed by atoms with van der Waals surface area (Å²) in [6.07, 6.45) is 0.940. The van der Waals surface area contributed by atoms with Crippen LogP contribution in [0.4, 0.5) is 0 Å². The predicted molar refractivity (Wildman–Crippen MR) is 55.9 cm³/mol. The average molecular weight is 195 g/mol. The molecule has 70 valence electrons. The molecule has 0 aliphatic heterocycles. The van der Waals surface area contributed by atoms with Gasteiger partial charge in [0, 0.05) is 11.5 Å². The number of benzene rings is 1. The second-order valence-electron chi connectivity index (χ2n) is 2.30. The van der Waals surface area contributed by atoms with Gasteiger partial charge in [-0.15, -0.1) is 0 Å². The van der Waals surface area contributed by atoms with Gasteiger partial charge in [0.2, 0.25) is 0 Å². The van der Waals surface area contributed by atoms with Crippen LogP contribution in [0.1, 0.15) is 5.56 Å². The molecule has 0 heterocycles. The van der Waals surface area contributed by atoms with Gasteiger partial charge in [-0.2, -0.15) is 0 Å². The van der Waals surface area contributed by atoms with Crippen molar-refractivity contribution in [3.05, 3.63) is 29.8 Å². The summed E-state index contributed by atoms with van der Waals surface area (Å²) < 4.78 is 0. The van der Waals surface area contributed by atoms with E-state index in [1.54, 1.807) is 0 Å². The maximum absolute atomic E-state index is 6.50. The van der Waals surface area contributed by atoms with Gasteiger partial charge in [0.05, 0.1) is 0 Å². The number of hydrogen-bond acceptors (Lipinski definition) is 4. The van der Waals surface area contributed by atoms with Crippen molar-refractivity contribution in [3.63, 3.8) is 0 Å². The number of rotatable bonds is 3. The summed E-state index contributed by atoms with van der Waals surface area (Å²) in [5.41, 5.74) is 6.67. The van der Waals surface area contributed by atoms with Crippen LogP contribution in [0, 0.1) is 11.8 Å². The van der Waals surface area contributed by atoms with Crippen LogP contribution in [0.2, 0.25) is 0 Å². The minimum Gasteiger partial charge on any atom is -0.330 e. The van der Waals surface area contributed by atoms with E-state index in [9.17, 15) is 0 Å². The molecule has 0 unspecified atom stereocenters. The highest BCUT2D eigenvalue weighted by molar-refractivity contribution is 7.97. The first-order valence-corrected chi connectivity index (χ1v) is 4.66. The van der Waals surface area contributed by atoms with E-state index in [0.29, 0.717) is 6.54 Å². The first kappa shape index (κ1) is 12.0. The van der Waals surface area contributed by atoms with E-state index in [1.165, 1.54) is 17.5 Å². The lowest BCUT2D eigenvalue weighted by molar-refractivity contribution is 0.966. The zero-order valence-corrected chi connectivity index (χ0v) is 8.13. The molecule has 0 fully saturated rings. The zero-order chi connectivity index (χ0) is 10.1. The van der Waals surface area contributed by atoms with Gasteiger partial charge in [0.25, 0.3) is 0 Å². The van der Waals surface area contributed by atoms with Gasteiger partial charge in [0.15, 0.2) is 0 Å². The maximum Gasteiger partial charge on any atom is 0.0462 e. The normalized spacial score (nSPS) is 8.62. The van der Waals surface area contributed by atoms with E-state index < -0.39 is 0 Å². The summed E-state index contributed by atoms with van der Waals surface area (Å²) in [4.78, 5) is 1.09. The number of nitriles is 1. The highest BCUT2D eigenvalue weighted by Crippen LogP contribution is 2.12. The molecular formula is C9H13N3S. The average Bonchev–Trinajstić information content (AvgIpc) is 2.23. The van der Waals surface area contributed by atoms with Crippen LogP contribution >= 0.6 is 11.9 Å². The van der Waals surface area contributed by atoms with Crippen molar-refractivity contribution in [2.45, 2.75) is 11.3 Å². The second-order valence-corrected chi connectivity index (χ2v) is 3.01. The minimum atomic E-state index is 0.703. The van der Waals surface area contributed by atoms with Gasteiger partial charge in [0.1, 0.15) is 0 Å². The standard InChI is InChI=1S/C8H12N2S.CHN/c9-6-5-7-1-3-8(11-10)4-2-7;1-2/h1-4H,5-6,9-10H2;1H. The fourth-order valence-corrected chi connectivity index (χ4v) is 1.19. The van der Waals surface area contributed by atoms with Gasteiger partial charge in [-0.3, -0.25) is 5.14 Å². The quantitative estimate of drug-likeness (QED) is 0.713. The first-order valence-electron chi connectivity index (χ1n) is 3.78. The zero-order valence-electron chi connectivity index (χ0n) is 7.31. The van der Waals surface area contributed by atoms with E-state index in [2.05, 4.69) is 18.7 Å². The molecule has 0 saturated heterocycles. The van der Waals surface area contributed by atoms with Crippen LogP contribution in [0.3, 0.4) is 0 Å². The van der Waals surface area contributed by atoms with Crippen LogP contribution in [0.15, 0.2) is 29.2 Å². The van der Waals surface area contributed by atoms with Gasteiger partial charge in [-0.05, 0) is 42.6 Å². The third kappa shape index (κ3) is 4.53. The Hall–Kier alpha value is -1.02. The maximum atomic E-state index is 6.50. The number of hydrogen-bond donors (Lipinski definition) is 2. The van der Waals surface area contributed by atoms with Crippen molar-refractivity contribution in [2.75, 3.05) is 6.54 Å². The summed E-state index contributed by atoms with van der Waals surface area (Å²) >= 11 is 1.26. The SMILES string of the molecule is C#N.NCCc1ccc(SN)cc1. The fourth-order valence-electron chi connectivity index (χ4n) is 0.901. The van der Waals surface area contributed by atoms with E-state index >= 15 is 0 Å². The van der Waals surface area contributed by atoms with Crippen LogP contribution in [-0.2, 0) is 6.42 Å². The molecule has 0 bridgehead atoms. The highest BCUT2D eigenvalue weighted by Gasteiger charge is 1.91. The molecule has 1 aromatic carbocycles. The van der Waals surface area contributed by atoms with E-state index in [4.69, 9.17) is 16.1 Å². The lowest BCUT2D eigenvalue weighted by atomic mass is 10.2. The predicted octanol–water partition coefficient (Wildman–Crippen LogP) is 1.29. The Morgan fingerprint density at radius 2 is 1.77 bits per heavy atom. The molecule has 0 atom stereocenters.